The van der Waals surface area contributed by atoms with Crippen LogP contribution < -0.4 is 10.6 Å². The highest BCUT2D eigenvalue weighted by molar-refractivity contribution is 6.20. The molecule has 1 atom stereocenters. The van der Waals surface area contributed by atoms with Gasteiger partial charge in [0.15, 0.2) is 5.41 Å². The maximum Gasteiger partial charge on any atom is 0.332 e. The minimum atomic E-state index is -1.26. The normalized spacial score (nSPS) is 25.2. The number of nitrogen functional groups attached to an aromatic ring is 1. The topological polar surface area (TPSA) is 86.9 Å². The van der Waals surface area contributed by atoms with Crippen molar-refractivity contribution in [1.82, 2.24) is 9.80 Å². The van der Waals surface area contributed by atoms with Gasteiger partial charge in [-0.15, -0.1) is 0 Å². The molecule has 3 aliphatic heterocycles. The molecule has 2 saturated heterocycles. The molecular weight excluding hydrogens is 332 g/mol. The van der Waals surface area contributed by atoms with Gasteiger partial charge in [-0.2, -0.15) is 0 Å². The molecule has 3 heterocycles. The Kier molecular flexibility index (Phi) is 3.71. The fraction of sp³-hybridized carbons (Fsp3) is 0.526. The van der Waals surface area contributed by atoms with Crippen LogP contribution in [-0.4, -0.2) is 54.3 Å². The minimum Gasteiger partial charge on any atom is -0.399 e. The number of carbonyl (C=O) groups is 3. The summed E-state index contributed by atoms with van der Waals surface area (Å²) in [5.41, 5.74) is 7.29. The molecule has 4 rings (SSSR count). The molecule has 7 nitrogen and oxygen atoms in total. The van der Waals surface area contributed by atoms with E-state index in [0.29, 0.717) is 5.69 Å². The van der Waals surface area contributed by atoms with Crippen LogP contribution >= 0.6 is 0 Å². The van der Waals surface area contributed by atoms with Gasteiger partial charge in [0.25, 0.3) is 0 Å². The molecule has 0 aromatic heterocycles. The first-order valence-electron chi connectivity index (χ1n) is 9.13. The molecule has 1 spiro atoms. The average molecular weight is 356 g/mol. The van der Waals surface area contributed by atoms with Crippen LogP contribution in [0.3, 0.4) is 0 Å². The SMILES string of the molecule is CN1C(=O)N(C)C(=O)C2(Cc3cc(N)ccc3N3CCCCCC32)C1=O. The summed E-state index contributed by atoms with van der Waals surface area (Å²) >= 11 is 0. The monoisotopic (exact) mass is 356 g/mol. The van der Waals surface area contributed by atoms with Crippen molar-refractivity contribution >= 4 is 29.2 Å². The Morgan fingerprint density at radius 1 is 1.04 bits per heavy atom. The maximum atomic E-state index is 13.3. The van der Waals surface area contributed by atoms with Gasteiger partial charge in [-0.25, -0.2) is 4.79 Å². The molecule has 2 fully saturated rings. The molecule has 1 aromatic rings. The molecular formula is C19H24N4O3. The third-order valence-corrected chi connectivity index (χ3v) is 6.15. The van der Waals surface area contributed by atoms with Crippen LogP contribution in [0.1, 0.15) is 31.2 Å². The molecule has 0 aliphatic carbocycles. The van der Waals surface area contributed by atoms with E-state index in [1.807, 2.05) is 18.2 Å². The summed E-state index contributed by atoms with van der Waals surface area (Å²) in [7, 11) is 2.93. The molecule has 2 N–H and O–H groups in total. The molecule has 0 radical (unpaired) electrons. The summed E-state index contributed by atoms with van der Waals surface area (Å²) in [5.74, 6) is -0.786. The Labute approximate surface area is 152 Å². The highest BCUT2D eigenvalue weighted by atomic mass is 16.2. The first kappa shape index (κ1) is 16.9. The van der Waals surface area contributed by atoms with E-state index in [9.17, 15) is 14.4 Å². The van der Waals surface area contributed by atoms with Crippen LogP contribution in [0.4, 0.5) is 16.2 Å². The Morgan fingerprint density at radius 2 is 1.73 bits per heavy atom. The fourth-order valence-corrected chi connectivity index (χ4v) is 4.88. The van der Waals surface area contributed by atoms with Crippen molar-refractivity contribution in [3.63, 3.8) is 0 Å². The molecule has 0 saturated carbocycles. The fourth-order valence-electron chi connectivity index (χ4n) is 4.88. The quantitative estimate of drug-likeness (QED) is 0.564. The van der Waals surface area contributed by atoms with E-state index >= 15 is 0 Å². The number of hydrogen-bond donors (Lipinski definition) is 1. The molecule has 4 amide bonds. The largest absolute Gasteiger partial charge is 0.399 e. The zero-order valence-corrected chi connectivity index (χ0v) is 15.2. The first-order valence-corrected chi connectivity index (χ1v) is 9.13. The molecule has 26 heavy (non-hydrogen) atoms. The van der Waals surface area contributed by atoms with Gasteiger partial charge in [0, 0.05) is 32.0 Å². The van der Waals surface area contributed by atoms with Crippen molar-refractivity contribution in [1.29, 1.82) is 0 Å². The highest BCUT2D eigenvalue weighted by Crippen LogP contribution is 2.48. The van der Waals surface area contributed by atoms with Crippen LogP contribution in [0, 0.1) is 5.41 Å². The summed E-state index contributed by atoms with van der Waals surface area (Å²) in [5, 5.41) is 0. The van der Waals surface area contributed by atoms with Crippen LogP contribution in [0.2, 0.25) is 0 Å². The number of rotatable bonds is 0. The van der Waals surface area contributed by atoms with Crippen molar-refractivity contribution < 1.29 is 14.4 Å². The Morgan fingerprint density at radius 3 is 2.42 bits per heavy atom. The molecule has 7 heteroatoms. The second-order valence-corrected chi connectivity index (χ2v) is 7.61. The zero-order chi connectivity index (χ0) is 18.6. The van der Waals surface area contributed by atoms with E-state index in [1.54, 1.807) is 0 Å². The lowest BCUT2D eigenvalue weighted by atomic mass is 9.67. The number of urea groups is 1. The molecule has 3 aliphatic rings. The maximum absolute atomic E-state index is 13.3. The second-order valence-electron chi connectivity index (χ2n) is 7.61. The third-order valence-electron chi connectivity index (χ3n) is 6.15. The van der Waals surface area contributed by atoms with Crippen LogP contribution in [0.25, 0.3) is 0 Å². The van der Waals surface area contributed by atoms with Crippen LogP contribution in [-0.2, 0) is 16.0 Å². The number of benzene rings is 1. The van der Waals surface area contributed by atoms with Gasteiger partial charge >= 0.3 is 6.03 Å². The Bertz CT molecular complexity index is 782. The van der Waals surface area contributed by atoms with E-state index in [0.717, 1.165) is 53.3 Å². The summed E-state index contributed by atoms with van der Waals surface area (Å²) in [6, 6.07) is 4.91. The summed E-state index contributed by atoms with van der Waals surface area (Å²) in [6.07, 6.45) is 4.10. The van der Waals surface area contributed by atoms with Gasteiger partial charge in [-0.1, -0.05) is 12.8 Å². The molecule has 1 unspecified atom stereocenters. The summed E-state index contributed by atoms with van der Waals surface area (Å²) in [6.45, 7) is 0.797. The van der Waals surface area contributed by atoms with Gasteiger partial charge in [0.05, 0.1) is 6.04 Å². The minimum absolute atomic E-state index is 0.237. The molecule has 138 valence electrons. The zero-order valence-electron chi connectivity index (χ0n) is 15.2. The van der Waals surface area contributed by atoms with Gasteiger partial charge in [-0.3, -0.25) is 19.4 Å². The highest BCUT2D eigenvalue weighted by Gasteiger charge is 2.62. The number of fused-ring (bicyclic) bond motifs is 4. The van der Waals surface area contributed by atoms with Crippen molar-refractivity contribution in [3.05, 3.63) is 23.8 Å². The average Bonchev–Trinajstić information content (AvgIpc) is 2.89. The van der Waals surface area contributed by atoms with Gasteiger partial charge in [-0.05, 0) is 43.0 Å². The van der Waals surface area contributed by atoms with Crippen molar-refractivity contribution in [3.8, 4) is 0 Å². The first-order chi connectivity index (χ1) is 12.4. The lowest BCUT2D eigenvalue weighted by Crippen LogP contribution is -2.71. The van der Waals surface area contributed by atoms with Gasteiger partial charge < -0.3 is 10.6 Å². The third kappa shape index (κ3) is 2.09. The number of nitrogens with two attached hydrogens (primary N) is 1. The molecule has 1 aromatic carbocycles. The Hall–Kier alpha value is -2.57. The lowest BCUT2D eigenvalue weighted by Gasteiger charge is -2.52. The number of hydrogen-bond acceptors (Lipinski definition) is 5. The van der Waals surface area contributed by atoms with Crippen molar-refractivity contribution in [2.75, 3.05) is 31.3 Å². The molecule has 0 bridgehead atoms. The van der Waals surface area contributed by atoms with E-state index in [2.05, 4.69) is 4.90 Å². The number of amides is 4. The van der Waals surface area contributed by atoms with E-state index < -0.39 is 23.3 Å². The predicted octanol–water partition coefficient (Wildman–Crippen LogP) is 1.61. The van der Waals surface area contributed by atoms with Crippen molar-refractivity contribution in [2.24, 2.45) is 5.41 Å². The predicted molar refractivity (Wildman–Crippen MR) is 97.5 cm³/mol. The van der Waals surface area contributed by atoms with E-state index in [-0.39, 0.29) is 12.5 Å². The summed E-state index contributed by atoms with van der Waals surface area (Å²) < 4.78 is 0. The van der Waals surface area contributed by atoms with Crippen LogP contribution in [0.5, 0.6) is 0 Å². The smallest absolute Gasteiger partial charge is 0.332 e. The standard InChI is InChI=1S/C19H24N4O3/c1-21-16(24)19(17(25)22(2)18(21)26)11-12-10-13(20)7-8-14(12)23-9-5-3-4-6-15(19)23/h7-8,10,15H,3-6,9,11,20H2,1-2H3. The summed E-state index contributed by atoms with van der Waals surface area (Å²) in [4.78, 5) is 43.3. The number of imide groups is 2. The number of barbiturate groups is 1. The number of carbonyl (C=O) groups excluding carboxylic acids is 3. The van der Waals surface area contributed by atoms with Crippen molar-refractivity contribution in [2.45, 2.75) is 38.1 Å². The Balaban J connectivity index is 1.93. The number of anilines is 2. The lowest BCUT2D eigenvalue weighted by molar-refractivity contribution is -0.159. The van der Waals surface area contributed by atoms with Gasteiger partial charge in [0.2, 0.25) is 11.8 Å². The van der Waals surface area contributed by atoms with Gasteiger partial charge in [0.1, 0.15) is 0 Å². The second kappa shape index (κ2) is 5.72. The van der Waals surface area contributed by atoms with E-state index in [4.69, 9.17) is 5.73 Å². The van der Waals surface area contributed by atoms with Crippen LogP contribution in [0.15, 0.2) is 18.2 Å². The number of nitrogens with zero attached hydrogens (tertiary/aromatic N) is 3. The van der Waals surface area contributed by atoms with E-state index in [1.165, 1.54) is 14.1 Å².